The molecule has 2 aliphatic rings. The van der Waals surface area contributed by atoms with E-state index in [1.807, 2.05) is 0 Å². The van der Waals surface area contributed by atoms with Crippen molar-refractivity contribution in [2.45, 2.75) is 45.1 Å². The Labute approximate surface area is 137 Å². The van der Waals surface area contributed by atoms with Crippen LogP contribution in [0.1, 0.15) is 37.8 Å². The van der Waals surface area contributed by atoms with Gasteiger partial charge in [0.1, 0.15) is 0 Å². The molecule has 1 heterocycles. The van der Waals surface area contributed by atoms with Gasteiger partial charge >= 0.3 is 0 Å². The lowest BCUT2D eigenvalue weighted by molar-refractivity contribution is 0.0993. The van der Waals surface area contributed by atoms with Gasteiger partial charge in [-0.3, -0.25) is 4.90 Å². The molecule has 1 saturated heterocycles. The minimum Gasteiger partial charge on any atom is -0.329 e. The van der Waals surface area contributed by atoms with Crippen molar-refractivity contribution < 1.29 is 0 Å². The van der Waals surface area contributed by atoms with Gasteiger partial charge in [-0.15, -0.1) is 0 Å². The molecule has 0 bridgehead atoms. The van der Waals surface area contributed by atoms with E-state index in [0.29, 0.717) is 0 Å². The highest BCUT2D eigenvalue weighted by atomic mass is 79.9. The quantitative estimate of drug-likeness (QED) is 0.901. The van der Waals surface area contributed by atoms with Crippen LogP contribution in [0.2, 0.25) is 0 Å². The second-order valence-electron chi connectivity index (χ2n) is 7.26. The summed E-state index contributed by atoms with van der Waals surface area (Å²) < 4.78 is 1.20. The van der Waals surface area contributed by atoms with Crippen molar-refractivity contribution in [1.29, 1.82) is 0 Å². The van der Waals surface area contributed by atoms with E-state index in [4.69, 9.17) is 5.73 Å². The largest absolute Gasteiger partial charge is 0.329 e. The lowest BCUT2D eigenvalue weighted by atomic mass is 9.77. The molecular formula is C18H27BrN2. The van der Waals surface area contributed by atoms with Crippen LogP contribution in [0.25, 0.3) is 0 Å². The second kappa shape index (κ2) is 6.02. The summed E-state index contributed by atoms with van der Waals surface area (Å²) in [6.07, 6.45) is 4.83. The summed E-state index contributed by atoms with van der Waals surface area (Å²) in [6, 6.07) is 6.75. The molecule has 21 heavy (non-hydrogen) atoms. The maximum atomic E-state index is 6.28. The number of likely N-dealkylation sites (tertiary alicyclic amines) is 1. The SMILES string of the molecule is CC(C)C1CCN(C2(CN)CCc3cc(Br)ccc3C2)C1. The summed E-state index contributed by atoms with van der Waals surface area (Å²) in [6.45, 7) is 7.97. The molecule has 1 aliphatic heterocycles. The Balaban J connectivity index is 1.81. The average molecular weight is 351 g/mol. The lowest BCUT2D eigenvalue weighted by Gasteiger charge is -2.45. The number of aryl methyl sites for hydroxylation is 1. The Hall–Kier alpha value is -0.380. The van der Waals surface area contributed by atoms with E-state index >= 15 is 0 Å². The van der Waals surface area contributed by atoms with Crippen molar-refractivity contribution in [3.63, 3.8) is 0 Å². The normalized spacial score (nSPS) is 29.9. The second-order valence-corrected chi connectivity index (χ2v) is 8.17. The number of halogens is 1. The zero-order valence-corrected chi connectivity index (χ0v) is 14.8. The van der Waals surface area contributed by atoms with Crippen LogP contribution < -0.4 is 5.73 Å². The fourth-order valence-electron chi connectivity index (χ4n) is 4.15. The van der Waals surface area contributed by atoms with Gasteiger partial charge in [0, 0.05) is 23.1 Å². The molecule has 116 valence electrons. The van der Waals surface area contributed by atoms with Gasteiger partial charge in [0.25, 0.3) is 0 Å². The summed E-state index contributed by atoms with van der Waals surface area (Å²) in [5.41, 5.74) is 9.48. The van der Waals surface area contributed by atoms with E-state index < -0.39 is 0 Å². The van der Waals surface area contributed by atoms with Crippen molar-refractivity contribution in [3.8, 4) is 0 Å². The van der Waals surface area contributed by atoms with Gasteiger partial charge in [-0.05, 0) is 67.3 Å². The third kappa shape index (κ3) is 2.93. The smallest absolute Gasteiger partial charge is 0.0375 e. The van der Waals surface area contributed by atoms with Crippen molar-refractivity contribution in [1.82, 2.24) is 4.90 Å². The standard InChI is InChI=1S/C18H27BrN2/c1-13(2)16-6-8-21(11-16)18(12-20)7-5-14-9-17(19)4-3-15(14)10-18/h3-4,9,13,16H,5-8,10-12,20H2,1-2H3. The lowest BCUT2D eigenvalue weighted by Crippen LogP contribution is -2.56. The van der Waals surface area contributed by atoms with Crippen molar-refractivity contribution in [3.05, 3.63) is 33.8 Å². The highest BCUT2D eigenvalue weighted by Gasteiger charge is 2.42. The van der Waals surface area contributed by atoms with Crippen LogP contribution >= 0.6 is 15.9 Å². The molecule has 1 fully saturated rings. The summed E-state index contributed by atoms with van der Waals surface area (Å²) in [4.78, 5) is 2.71. The fraction of sp³-hybridized carbons (Fsp3) is 0.667. The molecule has 2 unspecified atom stereocenters. The minimum atomic E-state index is 0.199. The fourth-order valence-corrected chi connectivity index (χ4v) is 4.55. The summed E-state index contributed by atoms with van der Waals surface area (Å²) >= 11 is 3.59. The first-order valence-electron chi connectivity index (χ1n) is 8.26. The molecule has 0 amide bonds. The van der Waals surface area contributed by atoms with Crippen LogP contribution in [-0.2, 0) is 12.8 Å². The number of fused-ring (bicyclic) bond motifs is 1. The average Bonchev–Trinajstić information content (AvgIpc) is 2.97. The van der Waals surface area contributed by atoms with Crippen molar-refractivity contribution in [2.75, 3.05) is 19.6 Å². The van der Waals surface area contributed by atoms with E-state index in [2.05, 4.69) is 52.9 Å². The van der Waals surface area contributed by atoms with Crippen LogP contribution in [0, 0.1) is 11.8 Å². The van der Waals surface area contributed by atoms with Crippen LogP contribution in [0.4, 0.5) is 0 Å². The number of nitrogens with zero attached hydrogens (tertiary/aromatic N) is 1. The zero-order chi connectivity index (χ0) is 15.0. The maximum absolute atomic E-state index is 6.28. The van der Waals surface area contributed by atoms with Gasteiger partial charge in [0.15, 0.2) is 0 Å². The molecule has 0 radical (unpaired) electrons. The Kier molecular flexibility index (Phi) is 4.45. The number of nitrogens with two attached hydrogens (primary N) is 1. The van der Waals surface area contributed by atoms with Gasteiger partial charge in [-0.25, -0.2) is 0 Å². The highest BCUT2D eigenvalue weighted by Crippen LogP contribution is 2.38. The topological polar surface area (TPSA) is 29.3 Å². The number of rotatable bonds is 3. The first-order chi connectivity index (χ1) is 10.0. The van der Waals surface area contributed by atoms with Crippen molar-refractivity contribution in [2.24, 2.45) is 17.6 Å². The molecule has 3 heteroatoms. The van der Waals surface area contributed by atoms with Gasteiger partial charge in [-0.1, -0.05) is 35.8 Å². The van der Waals surface area contributed by atoms with Crippen LogP contribution in [-0.4, -0.2) is 30.1 Å². The van der Waals surface area contributed by atoms with Gasteiger partial charge in [0.05, 0.1) is 0 Å². The summed E-state index contributed by atoms with van der Waals surface area (Å²) in [7, 11) is 0. The van der Waals surface area contributed by atoms with E-state index in [1.54, 1.807) is 0 Å². The zero-order valence-electron chi connectivity index (χ0n) is 13.2. The number of hydrogen-bond acceptors (Lipinski definition) is 2. The van der Waals surface area contributed by atoms with Crippen LogP contribution in [0.3, 0.4) is 0 Å². The molecular weight excluding hydrogens is 324 g/mol. The van der Waals surface area contributed by atoms with Gasteiger partial charge in [-0.2, -0.15) is 0 Å². The molecule has 3 rings (SSSR count). The van der Waals surface area contributed by atoms with Crippen LogP contribution in [0.5, 0.6) is 0 Å². The summed E-state index contributed by atoms with van der Waals surface area (Å²) in [5.74, 6) is 1.64. The Morgan fingerprint density at radius 2 is 2.19 bits per heavy atom. The molecule has 1 aromatic carbocycles. The highest BCUT2D eigenvalue weighted by molar-refractivity contribution is 9.10. The van der Waals surface area contributed by atoms with Gasteiger partial charge in [0.2, 0.25) is 0 Å². The molecule has 2 atom stereocenters. The molecule has 1 aliphatic carbocycles. The molecule has 0 aromatic heterocycles. The number of benzene rings is 1. The Morgan fingerprint density at radius 3 is 2.86 bits per heavy atom. The summed E-state index contributed by atoms with van der Waals surface area (Å²) in [5, 5.41) is 0. The minimum absolute atomic E-state index is 0.199. The Bertz CT molecular complexity index is 514. The van der Waals surface area contributed by atoms with E-state index in [0.717, 1.165) is 31.2 Å². The molecule has 1 aromatic rings. The third-order valence-corrected chi connectivity index (χ3v) is 6.26. The monoisotopic (exact) mass is 350 g/mol. The third-order valence-electron chi connectivity index (χ3n) is 5.77. The molecule has 0 saturated carbocycles. The molecule has 2 N–H and O–H groups in total. The number of hydrogen-bond donors (Lipinski definition) is 1. The van der Waals surface area contributed by atoms with Gasteiger partial charge < -0.3 is 5.73 Å². The van der Waals surface area contributed by atoms with E-state index in [9.17, 15) is 0 Å². The van der Waals surface area contributed by atoms with E-state index in [-0.39, 0.29) is 5.54 Å². The van der Waals surface area contributed by atoms with Crippen LogP contribution in [0.15, 0.2) is 22.7 Å². The molecule has 2 nitrogen and oxygen atoms in total. The predicted octanol–water partition coefficient (Wildman–Crippen LogP) is 3.61. The van der Waals surface area contributed by atoms with Crippen molar-refractivity contribution >= 4 is 15.9 Å². The Morgan fingerprint density at radius 1 is 1.38 bits per heavy atom. The first-order valence-corrected chi connectivity index (χ1v) is 9.06. The first kappa shape index (κ1) is 15.5. The molecule has 0 spiro atoms. The predicted molar refractivity (Wildman–Crippen MR) is 92.5 cm³/mol. The van der Waals surface area contributed by atoms with E-state index in [1.165, 1.54) is 41.5 Å². The maximum Gasteiger partial charge on any atom is 0.0375 e.